The van der Waals surface area contributed by atoms with Crippen molar-refractivity contribution < 1.29 is 64.2 Å². The maximum Gasteiger partial charge on any atom is 0.305 e. The summed E-state index contributed by atoms with van der Waals surface area (Å²) in [4.78, 5) is 11.2. The molecule has 1 aliphatic carbocycles. The number of hydrogen-bond acceptors (Lipinski definition) is 12. The Bertz CT molecular complexity index is 1200. The van der Waals surface area contributed by atoms with Crippen molar-refractivity contribution in [2.45, 2.75) is 43.7 Å². The molecule has 8 N–H and O–H groups in total. The molecule has 3 aliphatic rings. The Balaban J connectivity index is 1.76. The molecule has 1 aromatic carbocycles. The number of methoxy groups -OCH3 is 1. The lowest BCUT2D eigenvalue weighted by Gasteiger charge is -2.40. The van der Waals surface area contributed by atoms with Crippen LogP contribution >= 0.6 is 0 Å². The summed E-state index contributed by atoms with van der Waals surface area (Å²) in [5.41, 5.74) is 0.399. The summed E-state index contributed by atoms with van der Waals surface area (Å²) in [5.74, 6) is -2.43. The van der Waals surface area contributed by atoms with Gasteiger partial charge >= 0.3 is 11.7 Å². The lowest BCUT2D eigenvalue weighted by atomic mass is 9.96. The van der Waals surface area contributed by atoms with Crippen molar-refractivity contribution in [1.82, 2.24) is 0 Å². The maximum atomic E-state index is 11.2. The third-order valence-electron chi connectivity index (χ3n) is 5.93. The number of benzene rings is 1. The molecule has 1 aromatic rings. The summed E-state index contributed by atoms with van der Waals surface area (Å²) >= 11 is 0. The molecule has 6 atom stereocenters. The molecule has 13 nitrogen and oxygen atoms in total. The molecule has 2 unspecified atom stereocenters. The number of ether oxygens (including phenoxy) is 5. The van der Waals surface area contributed by atoms with Gasteiger partial charge in [0.25, 0.3) is 0 Å². The summed E-state index contributed by atoms with van der Waals surface area (Å²) in [6.45, 7) is 0.714. The average Bonchev–Trinajstić information content (AvgIpc) is 2.85. The van der Waals surface area contributed by atoms with Crippen LogP contribution in [-0.2, 0) is 19.0 Å². The molecule has 0 spiro atoms. The SMILES string of the molecule is COc1cc(C2=C(OC3O[C@H](COC(C)=O)[C@H](O)[C@H](O)[C@H]3O)C=C3C(O)=CC(O)=CC3[OH+]2)cc(O)c1O. The monoisotopic (exact) mass is 523 g/mol. The van der Waals surface area contributed by atoms with E-state index in [9.17, 15) is 40.5 Å². The van der Waals surface area contributed by atoms with Crippen molar-refractivity contribution in [3.8, 4) is 17.2 Å². The van der Waals surface area contributed by atoms with Gasteiger partial charge in [-0.05, 0) is 0 Å². The molecule has 37 heavy (non-hydrogen) atoms. The number of aromatic hydroxyl groups is 2. The number of phenols is 2. The molecule has 200 valence electrons. The molecule has 0 amide bonds. The van der Waals surface area contributed by atoms with Gasteiger partial charge in [0.05, 0.1) is 24.3 Å². The molecule has 1 saturated heterocycles. The van der Waals surface area contributed by atoms with E-state index >= 15 is 0 Å². The highest BCUT2D eigenvalue weighted by Gasteiger charge is 2.47. The van der Waals surface area contributed by atoms with E-state index in [-0.39, 0.29) is 39.9 Å². The van der Waals surface area contributed by atoms with E-state index in [4.69, 9.17) is 18.9 Å². The zero-order valence-electron chi connectivity index (χ0n) is 19.7. The van der Waals surface area contributed by atoms with Gasteiger partial charge in [0.2, 0.25) is 23.9 Å². The number of aliphatic hydroxyl groups excluding tert-OH is 5. The number of aliphatic hydroxyl groups is 7. The first kappa shape index (κ1) is 26.2. The Morgan fingerprint density at radius 1 is 1.05 bits per heavy atom. The van der Waals surface area contributed by atoms with E-state index in [0.717, 1.165) is 13.0 Å². The van der Waals surface area contributed by atoms with E-state index in [0.29, 0.717) is 0 Å². The van der Waals surface area contributed by atoms with Crippen LogP contribution in [-0.4, -0.2) is 97.0 Å². The van der Waals surface area contributed by atoms with Crippen molar-refractivity contribution >= 4 is 11.7 Å². The molecule has 4 rings (SSSR count). The fraction of sp³-hybridized carbons (Fsp3) is 0.375. The van der Waals surface area contributed by atoms with Crippen LogP contribution < -0.4 is 4.74 Å². The first-order valence-electron chi connectivity index (χ1n) is 11.1. The van der Waals surface area contributed by atoms with E-state index in [1.54, 1.807) is 0 Å². The quantitative estimate of drug-likeness (QED) is 0.148. The molecule has 0 bridgehead atoms. The maximum absolute atomic E-state index is 11.2. The molecule has 1 fully saturated rings. The molecule has 0 saturated carbocycles. The predicted octanol–water partition coefficient (Wildman–Crippen LogP) is -0.104. The third kappa shape index (κ3) is 5.15. The first-order chi connectivity index (χ1) is 17.5. The number of phenolic OH excluding ortho intramolecular Hbond substituents is 2. The standard InChI is InChI=1S/C24H26O13/c1-9(25)34-8-18-20(30)21(31)22(32)24(37-18)36-17-7-12-13(27)5-11(26)6-15(12)35-23(17)10-3-14(28)19(29)16(4-10)33-2/h3-7,15,18,20-22,24,26-32H,8H2,1-2H3/p+1/t15?,18-,20+,21+,22-,24?/m1/s1. The lowest BCUT2D eigenvalue weighted by molar-refractivity contribution is -0.291. The molecular weight excluding hydrogens is 496 g/mol. The zero-order valence-corrected chi connectivity index (χ0v) is 19.7. The topological polar surface area (TPSA) is 208 Å². The van der Waals surface area contributed by atoms with Crippen molar-refractivity contribution in [2.75, 3.05) is 13.7 Å². The molecule has 2 aliphatic heterocycles. The van der Waals surface area contributed by atoms with Gasteiger partial charge in [-0.2, -0.15) is 0 Å². The van der Waals surface area contributed by atoms with E-state index < -0.39 is 60.9 Å². The van der Waals surface area contributed by atoms with Crippen molar-refractivity contribution in [3.05, 3.63) is 58.8 Å². The Morgan fingerprint density at radius 2 is 1.78 bits per heavy atom. The van der Waals surface area contributed by atoms with E-state index in [1.165, 1.54) is 31.4 Å². The smallest absolute Gasteiger partial charge is 0.305 e. The van der Waals surface area contributed by atoms with Crippen molar-refractivity contribution in [2.24, 2.45) is 0 Å². The second-order valence-corrected chi connectivity index (χ2v) is 8.49. The Hall–Kier alpha value is -3.91. The van der Waals surface area contributed by atoms with Crippen LogP contribution in [0.1, 0.15) is 12.5 Å². The molecule has 0 radical (unpaired) electrons. The Morgan fingerprint density at radius 3 is 2.46 bits per heavy atom. The molecule has 13 heteroatoms. The average molecular weight is 523 g/mol. The lowest BCUT2D eigenvalue weighted by Crippen LogP contribution is -2.59. The number of esters is 1. The minimum absolute atomic E-state index is 0.0362. The number of allylic oxidation sites excluding steroid dienone is 2. The van der Waals surface area contributed by atoms with Crippen LogP contribution in [0.5, 0.6) is 17.2 Å². The van der Waals surface area contributed by atoms with Crippen LogP contribution in [0.4, 0.5) is 0 Å². The van der Waals surface area contributed by atoms with Gasteiger partial charge in [-0.15, -0.1) is 0 Å². The number of hydrogen-bond donors (Lipinski definition) is 7. The Labute approximate surface area is 210 Å². The fourth-order valence-electron chi connectivity index (χ4n) is 4.02. The van der Waals surface area contributed by atoms with Crippen LogP contribution in [0, 0.1) is 0 Å². The normalized spacial score (nSPS) is 29.3. The highest BCUT2D eigenvalue weighted by Crippen LogP contribution is 2.42. The van der Waals surface area contributed by atoms with Gasteiger partial charge in [0.1, 0.15) is 42.5 Å². The third-order valence-corrected chi connectivity index (χ3v) is 5.93. The number of carbonyl (C=O) groups excluding carboxylic acids is 1. The summed E-state index contributed by atoms with van der Waals surface area (Å²) in [7, 11) is 1.27. The predicted molar refractivity (Wildman–Crippen MR) is 123 cm³/mol. The second-order valence-electron chi connectivity index (χ2n) is 8.49. The largest absolute Gasteiger partial charge is 0.571 e. The first-order valence-corrected chi connectivity index (χ1v) is 11.1. The van der Waals surface area contributed by atoms with Gasteiger partial charge < -0.3 is 59.4 Å². The van der Waals surface area contributed by atoms with Gasteiger partial charge in [0, 0.05) is 31.2 Å². The Kier molecular flexibility index (Phi) is 7.23. The summed E-state index contributed by atoms with van der Waals surface area (Å²) in [6.07, 6.45) is -5.00. The van der Waals surface area contributed by atoms with Gasteiger partial charge in [-0.1, -0.05) is 0 Å². The van der Waals surface area contributed by atoms with Crippen LogP contribution in [0.2, 0.25) is 0 Å². The number of carbonyl (C=O) groups is 1. The van der Waals surface area contributed by atoms with Crippen molar-refractivity contribution in [3.63, 3.8) is 0 Å². The summed E-state index contributed by atoms with van der Waals surface area (Å²) in [5, 5.41) is 71.6. The van der Waals surface area contributed by atoms with E-state index in [2.05, 4.69) is 4.74 Å². The molecular formula is C24H27O13+. The molecule has 0 aromatic heterocycles. The molecule has 2 heterocycles. The minimum atomic E-state index is -1.75. The highest BCUT2D eigenvalue weighted by molar-refractivity contribution is 5.71. The van der Waals surface area contributed by atoms with Gasteiger partial charge in [-0.3, -0.25) is 4.79 Å². The highest BCUT2D eigenvalue weighted by atomic mass is 16.7. The van der Waals surface area contributed by atoms with Crippen molar-refractivity contribution in [1.29, 1.82) is 0 Å². The zero-order chi connectivity index (χ0) is 27.0. The van der Waals surface area contributed by atoms with Gasteiger partial charge in [0.15, 0.2) is 11.5 Å². The van der Waals surface area contributed by atoms with E-state index in [1.807, 2.05) is 0 Å². The van der Waals surface area contributed by atoms with Crippen LogP contribution in [0.25, 0.3) is 5.76 Å². The van der Waals surface area contributed by atoms with Gasteiger partial charge in [-0.25, -0.2) is 0 Å². The summed E-state index contributed by atoms with van der Waals surface area (Å²) in [6, 6.07) is 2.51. The van der Waals surface area contributed by atoms with Crippen LogP contribution in [0.3, 0.4) is 0 Å². The number of rotatable bonds is 6. The fourth-order valence-corrected chi connectivity index (χ4v) is 4.02. The second kappa shape index (κ2) is 10.2. The number of fused-ring (bicyclic) bond motifs is 1. The van der Waals surface area contributed by atoms with Crippen LogP contribution in [0.15, 0.2) is 53.2 Å². The summed E-state index contributed by atoms with van der Waals surface area (Å²) < 4.78 is 25.9. The minimum Gasteiger partial charge on any atom is -0.571 e.